The third-order valence-electron chi connectivity index (χ3n) is 2.14. The molecule has 2 rings (SSSR count). The molecule has 0 saturated carbocycles. The second-order valence-electron chi connectivity index (χ2n) is 3.24. The number of hydrogen-bond donors (Lipinski definition) is 1. The minimum Gasteiger partial charge on any atom is -0.399 e. The summed E-state index contributed by atoms with van der Waals surface area (Å²) in [5, 5.41) is 1.14. The van der Waals surface area contributed by atoms with Crippen LogP contribution in [0.4, 0.5) is 5.69 Å². The summed E-state index contributed by atoms with van der Waals surface area (Å²) in [5.74, 6) is 0. The Morgan fingerprint density at radius 2 is 2.07 bits per heavy atom. The van der Waals surface area contributed by atoms with Gasteiger partial charge in [0.1, 0.15) is 0 Å². The van der Waals surface area contributed by atoms with Crippen molar-refractivity contribution in [3.63, 3.8) is 0 Å². The van der Waals surface area contributed by atoms with Gasteiger partial charge in [-0.3, -0.25) is 4.98 Å². The number of pyridine rings is 1. The van der Waals surface area contributed by atoms with Crippen molar-refractivity contribution < 1.29 is 0 Å². The van der Waals surface area contributed by atoms with Crippen molar-refractivity contribution in [1.29, 1.82) is 0 Å². The van der Waals surface area contributed by atoms with Crippen molar-refractivity contribution in [2.75, 3.05) is 12.0 Å². The lowest BCUT2D eigenvalue weighted by Crippen LogP contribution is -1.89. The van der Waals surface area contributed by atoms with E-state index in [0.717, 1.165) is 22.3 Å². The number of thioether (sulfide) groups is 1. The Labute approximate surface area is 87.5 Å². The van der Waals surface area contributed by atoms with Gasteiger partial charge < -0.3 is 5.73 Å². The number of aryl methyl sites for hydroxylation is 1. The van der Waals surface area contributed by atoms with E-state index in [-0.39, 0.29) is 0 Å². The van der Waals surface area contributed by atoms with Gasteiger partial charge in [-0.15, -0.1) is 11.8 Å². The Balaban J connectivity index is 2.81. The summed E-state index contributed by atoms with van der Waals surface area (Å²) in [6.45, 7) is 2.01. The van der Waals surface area contributed by atoms with Gasteiger partial charge in [0.05, 0.1) is 5.52 Å². The summed E-state index contributed by atoms with van der Waals surface area (Å²) in [4.78, 5) is 5.69. The zero-order valence-corrected chi connectivity index (χ0v) is 9.06. The van der Waals surface area contributed by atoms with Gasteiger partial charge in [0.15, 0.2) is 0 Å². The van der Waals surface area contributed by atoms with Gasteiger partial charge in [0.25, 0.3) is 0 Å². The number of rotatable bonds is 1. The fourth-order valence-corrected chi connectivity index (χ4v) is 2.18. The lowest BCUT2D eigenvalue weighted by atomic mass is 10.2. The van der Waals surface area contributed by atoms with Gasteiger partial charge in [-0.1, -0.05) is 0 Å². The summed E-state index contributed by atoms with van der Waals surface area (Å²) >= 11 is 1.73. The maximum absolute atomic E-state index is 5.75. The van der Waals surface area contributed by atoms with Crippen LogP contribution in [0.2, 0.25) is 0 Å². The number of anilines is 1. The average molecular weight is 204 g/mol. The molecule has 1 aromatic heterocycles. The number of fused-ring (bicyclic) bond motifs is 1. The normalized spacial score (nSPS) is 10.7. The molecular weight excluding hydrogens is 192 g/mol. The van der Waals surface area contributed by atoms with Crippen LogP contribution in [-0.4, -0.2) is 11.2 Å². The highest BCUT2D eigenvalue weighted by Crippen LogP contribution is 2.27. The van der Waals surface area contributed by atoms with E-state index in [9.17, 15) is 0 Å². The highest BCUT2D eigenvalue weighted by molar-refractivity contribution is 7.98. The van der Waals surface area contributed by atoms with Crippen LogP contribution in [0.1, 0.15) is 5.69 Å². The van der Waals surface area contributed by atoms with Gasteiger partial charge in [-0.25, -0.2) is 0 Å². The van der Waals surface area contributed by atoms with E-state index in [1.165, 1.54) is 4.90 Å². The second-order valence-corrected chi connectivity index (χ2v) is 4.09. The van der Waals surface area contributed by atoms with E-state index in [4.69, 9.17) is 5.73 Å². The Bertz CT molecular complexity index is 480. The largest absolute Gasteiger partial charge is 0.399 e. The van der Waals surface area contributed by atoms with Crippen LogP contribution in [0.15, 0.2) is 29.2 Å². The summed E-state index contributed by atoms with van der Waals surface area (Å²) in [7, 11) is 0. The minimum atomic E-state index is 0.790. The number of benzene rings is 1. The first-order valence-corrected chi connectivity index (χ1v) is 5.64. The van der Waals surface area contributed by atoms with Gasteiger partial charge in [-0.05, 0) is 37.4 Å². The molecule has 1 aromatic carbocycles. The van der Waals surface area contributed by atoms with Crippen LogP contribution in [0.25, 0.3) is 10.9 Å². The van der Waals surface area contributed by atoms with Crippen molar-refractivity contribution in [1.82, 2.24) is 4.98 Å². The van der Waals surface area contributed by atoms with E-state index in [0.29, 0.717) is 0 Å². The molecule has 0 radical (unpaired) electrons. The van der Waals surface area contributed by atoms with Crippen LogP contribution >= 0.6 is 11.8 Å². The Kier molecular flexibility index (Phi) is 2.33. The first-order chi connectivity index (χ1) is 6.70. The number of aromatic nitrogens is 1. The Hall–Kier alpha value is -1.22. The molecule has 0 aliphatic carbocycles. The molecule has 2 aromatic rings. The summed E-state index contributed by atoms with van der Waals surface area (Å²) in [5.41, 5.74) is 8.60. The predicted molar refractivity (Wildman–Crippen MR) is 62.7 cm³/mol. The fraction of sp³-hybridized carbons (Fsp3) is 0.182. The van der Waals surface area contributed by atoms with Crippen LogP contribution in [-0.2, 0) is 0 Å². The third-order valence-corrected chi connectivity index (χ3v) is 2.92. The van der Waals surface area contributed by atoms with Gasteiger partial charge >= 0.3 is 0 Å². The first-order valence-electron chi connectivity index (χ1n) is 4.41. The number of nitrogens with two attached hydrogens (primary N) is 1. The standard InChI is InChI=1S/C11H12N2S/c1-7-5-11(14-2)9-6-8(12)3-4-10(9)13-7/h3-6H,12H2,1-2H3. The topological polar surface area (TPSA) is 38.9 Å². The van der Waals surface area contributed by atoms with E-state index in [2.05, 4.69) is 17.3 Å². The Morgan fingerprint density at radius 1 is 1.29 bits per heavy atom. The summed E-state index contributed by atoms with van der Waals surface area (Å²) < 4.78 is 0. The van der Waals surface area contributed by atoms with Crippen LogP contribution < -0.4 is 5.73 Å². The molecule has 3 heteroatoms. The molecule has 0 saturated heterocycles. The SMILES string of the molecule is CSc1cc(C)nc2ccc(N)cc12. The minimum absolute atomic E-state index is 0.790. The van der Waals surface area contributed by atoms with E-state index >= 15 is 0 Å². The van der Waals surface area contributed by atoms with Crippen LogP contribution in [0.3, 0.4) is 0 Å². The maximum Gasteiger partial charge on any atom is 0.0717 e. The molecule has 2 nitrogen and oxygen atoms in total. The lowest BCUT2D eigenvalue weighted by Gasteiger charge is -2.05. The zero-order chi connectivity index (χ0) is 10.1. The second kappa shape index (κ2) is 3.50. The zero-order valence-electron chi connectivity index (χ0n) is 8.24. The molecule has 0 atom stereocenters. The number of nitrogens with zero attached hydrogens (tertiary/aromatic N) is 1. The predicted octanol–water partition coefficient (Wildman–Crippen LogP) is 2.85. The summed E-state index contributed by atoms with van der Waals surface area (Å²) in [6.07, 6.45) is 2.07. The quantitative estimate of drug-likeness (QED) is 0.573. The van der Waals surface area contributed by atoms with E-state index in [1.807, 2.05) is 25.1 Å². The van der Waals surface area contributed by atoms with Crippen molar-refractivity contribution in [3.05, 3.63) is 30.0 Å². The molecular formula is C11H12N2S. The number of hydrogen-bond acceptors (Lipinski definition) is 3. The molecule has 0 bridgehead atoms. The smallest absolute Gasteiger partial charge is 0.0717 e. The molecule has 0 unspecified atom stereocenters. The third kappa shape index (κ3) is 1.55. The highest BCUT2D eigenvalue weighted by atomic mass is 32.2. The molecule has 2 N–H and O–H groups in total. The molecule has 1 heterocycles. The van der Waals surface area contributed by atoms with Crippen molar-refractivity contribution >= 4 is 28.4 Å². The van der Waals surface area contributed by atoms with Gasteiger partial charge in [0, 0.05) is 21.7 Å². The Morgan fingerprint density at radius 3 is 2.79 bits per heavy atom. The highest BCUT2D eigenvalue weighted by Gasteiger charge is 2.02. The molecule has 0 amide bonds. The monoisotopic (exact) mass is 204 g/mol. The molecule has 0 aliphatic rings. The molecule has 0 spiro atoms. The van der Waals surface area contributed by atoms with E-state index in [1.54, 1.807) is 11.8 Å². The maximum atomic E-state index is 5.75. The summed E-state index contributed by atoms with van der Waals surface area (Å²) in [6, 6.07) is 7.93. The average Bonchev–Trinajstić information content (AvgIpc) is 2.17. The van der Waals surface area contributed by atoms with Crippen molar-refractivity contribution in [2.45, 2.75) is 11.8 Å². The fourth-order valence-electron chi connectivity index (χ4n) is 1.51. The number of nitrogen functional groups attached to an aromatic ring is 1. The lowest BCUT2D eigenvalue weighted by molar-refractivity contribution is 1.22. The van der Waals surface area contributed by atoms with Gasteiger partial charge in [0.2, 0.25) is 0 Å². The first kappa shape index (κ1) is 9.34. The van der Waals surface area contributed by atoms with Crippen LogP contribution in [0, 0.1) is 6.92 Å². The molecule has 72 valence electrons. The van der Waals surface area contributed by atoms with Gasteiger partial charge in [-0.2, -0.15) is 0 Å². The van der Waals surface area contributed by atoms with E-state index < -0.39 is 0 Å². The molecule has 0 fully saturated rings. The molecule has 0 aliphatic heterocycles. The van der Waals surface area contributed by atoms with Crippen molar-refractivity contribution in [3.8, 4) is 0 Å². The molecule has 14 heavy (non-hydrogen) atoms. The van der Waals surface area contributed by atoms with Crippen molar-refractivity contribution in [2.24, 2.45) is 0 Å². The van der Waals surface area contributed by atoms with Crippen LogP contribution in [0.5, 0.6) is 0 Å².